The fourth-order valence-corrected chi connectivity index (χ4v) is 3.46. The number of aryl methyl sites for hydroxylation is 1. The van der Waals surface area contributed by atoms with Crippen LogP contribution in [0.2, 0.25) is 0 Å². The molecule has 1 aliphatic rings. The van der Waals surface area contributed by atoms with Crippen LogP contribution < -0.4 is 11.1 Å². The molecule has 0 bridgehead atoms. The van der Waals surface area contributed by atoms with Crippen LogP contribution in [0.4, 0.5) is 14.5 Å². The van der Waals surface area contributed by atoms with Crippen molar-refractivity contribution >= 4 is 5.69 Å². The monoisotopic (exact) mass is 360 g/mol. The van der Waals surface area contributed by atoms with Crippen LogP contribution in [-0.2, 0) is 13.5 Å². The molecule has 0 amide bonds. The van der Waals surface area contributed by atoms with Crippen molar-refractivity contribution in [2.24, 2.45) is 7.05 Å². The number of hydrogen-bond acceptors (Lipinski definition) is 3. The number of nitrogens with zero attached hydrogens (tertiary/aromatic N) is 2. The van der Waals surface area contributed by atoms with E-state index in [2.05, 4.69) is 23.1 Å². The van der Waals surface area contributed by atoms with E-state index in [1.165, 1.54) is 0 Å². The summed E-state index contributed by atoms with van der Waals surface area (Å²) in [6.45, 7) is 6.10. The molecule has 1 aromatic carbocycles. The molecule has 0 atom stereocenters. The number of nitrogen functional groups attached to an aromatic ring is 1. The molecule has 4 nitrogen and oxygen atoms in total. The van der Waals surface area contributed by atoms with Gasteiger partial charge in [-0.15, -0.1) is 0 Å². The fraction of sp³-hybridized carbons (Fsp3) is 0.450. The molecule has 3 N–H and O–H groups in total. The number of nitrogens with two attached hydrogens (primary N) is 1. The summed E-state index contributed by atoms with van der Waals surface area (Å²) in [5.74, 6) is -2.51. The van der Waals surface area contributed by atoms with Crippen LogP contribution in [0.15, 0.2) is 36.7 Å². The Morgan fingerprint density at radius 1 is 1.38 bits per heavy atom. The zero-order chi connectivity index (χ0) is 18.9. The quantitative estimate of drug-likeness (QED) is 0.786. The van der Waals surface area contributed by atoms with Crippen molar-refractivity contribution in [3.8, 4) is 11.1 Å². The lowest BCUT2D eigenvalue weighted by Crippen LogP contribution is -2.36. The zero-order valence-corrected chi connectivity index (χ0v) is 15.4. The summed E-state index contributed by atoms with van der Waals surface area (Å²) in [6.07, 6.45) is 3.24. The molecule has 1 heterocycles. The molecule has 1 saturated carbocycles. The van der Waals surface area contributed by atoms with Gasteiger partial charge in [-0.1, -0.05) is 12.6 Å². The minimum atomic E-state index is -2.51. The summed E-state index contributed by atoms with van der Waals surface area (Å²) in [4.78, 5) is 0. The molecule has 6 heteroatoms. The van der Waals surface area contributed by atoms with Gasteiger partial charge in [-0.25, -0.2) is 8.78 Å². The molecule has 2 aromatic rings. The number of aromatic nitrogens is 2. The summed E-state index contributed by atoms with van der Waals surface area (Å²) in [7, 11) is 1.91. The number of benzene rings is 1. The predicted octanol–water partition coefficient (Wildman–Crippen LogP) is 4.20. The minimum absolute atomic E-state index is 0.0597. The first-order valence-electron chi connectivity index (χ1n) is 8.95. The van der Waals surface area contributed by atoms with Crippen LogP contribution >= 0.6 is 0 Å². The van der Waals surface area contributed by atoms with Crippen molar-refractivity contribution in [1.82, 2.24) is 15.1 Å². The smallest absolute Gasteiger partial charge is 0.248 e. The summed E-state index contributed by atoms with van der Waals surface area (Å²) in [5.41, 5.74) is 11.8. The summed E-state index contributed by atoms with van der Waals surface area (Å²) in [5, 5.41) is 7.60. The van der Waals surface area contributed by atoms with Crippen LogP contribution in [0.1, 0.15) is 36.9 Å². The Hall–Kier alpha value is -2.37. The second-order valence-corrected chi connectivity index (χ2v) is 7.24. The van der Waals surface area contributed by atoms with Crippen LogP contribution in [0.5, 0.6) is 0 Å². The van der Waals surface area contributed by atoms with Gasteiger partial charge in [-0.05, 0) is 43.0 Å². The fourth-order valence-electron chi connectivity index (χ4n) is 3.46. The third-order valence-corrected chi connectivity index (χ3v) is 5.22. The van der Waals surface area contributed by atoms with E-state index in [1.807, 2.05) is 37.0 Å². The highest BCUT2D eigenvalue weighted by molar-refractivity contribution is 5.69. The second kappa shape index (κ2) is 7.09. The maximum atomic E-state index is 13.3. The van der Waals surface area contributed by atoms with Crippen LogP contribution in [-0.4, -0.2) is 21.7 Å². The Bertz CT molecular complexity index is 800. The van der Waals surface area contributed by atoms with Gasteiger partial charge in [0.25, 0.3) is 0 Å². The first-order valence-corrected chi connectivity index (χ1v) is 8.95. The summed E-state index contributed by atoms with van der Waals surface area (Å²) >= 11 is 0. The third kappa shape index (κ3) is 4.06. The highest BCUT2D eigenvalue weighted by Crippen LogP contribution is 2.33. The Balaban J connectivity index is 1.68. The molecule has 0 unspecified atom stereocenters. The Morgan fingerprint density at radius 3 is 2.69 bits per heavy atom. The van der Waals surface area contributed by atoms with E-state index in [0.29, 0.717) is 24.9 Å². The number of allylic oxidation sites excluding steroid dienone is 1. The summed E-state index contributed by atoms with van der Waals surface area (Å²) in [6, 6.07) is 6.00. The third-order valence-electron chi connectivity index (χ3n) is 5.22. The predicted molar refractivity (Wildman–Crippen MR) is 101 cm³/mol. The van der Waals surface area contributed by atoms with Crippen LogP contribution in [0.25, 0.3) is 11.1 Å². The van der Waals surface area contributed by atoms with E-state index in [9.17, 15) is 8.78 Å². The molecule has 0 aliphatic heterocycles. The molecule has 3 rings (SSSR count). The molecular weight excluding hydrogens is 334 g/mol. The number of rotatable bonds is 5. The van der Waals surface area contributed by atoms with Crippen molar-refractivity contribution < 1.29 is 8.78 Å². The lowest BCUT2D eigenvalue weighted by Gasteiger charge is -2.30. The number of alkyl halides is 2. The minimum Gasteiger partial charge on any atom is -0.398 e. The van der Waals surface area contributed by atoms with Crippen LogP contribution in [0, 0.1) is 6.92 Å². The highest BCUT2D eigenvalue weighted by atomic mass is 19.3. The summed E-state index contributed by atoms with van der Waals surface area (Å²) < 4.78 is 28.4. The Kier molecular flexibility index (Phi) is 5.03. The molecule has 1 aliphatic carbocycles. The van der Waals surface area contributed by atoms with Crippen molar-refractivity contribution in [3.05, 3.63) is 47.9 Å². The van der Waals surface area contributed by atoms with E-state index in [-0.39, 0.29) is 18.9 Å². The molecule has 26 heavy (non-hydrogen) atoms. The average Bonchev–Trinajstić information content (AvgIpc) is 2.91. The van der Waals surface area contributed by atoms with E-state index in [1.54, 1.807) is 0 Å². The van der Waals surface area contributed by atoms with Crippen molar-refractivity contribution in [2.45, 2.75) is 51.0 Å². The highest BCUT2D eigenvalue weighted by Gasteiger charge is 2.34. The Labute approximate surface area is 153 Å². The van der Waals surface area contributed by atoms with Crippen molar-refractivity contribution in [1.29, 1.82) is 0 Å². The molecule has 1 aromatic heterocycles. The topological polar surface area (TPSA) is 55.9 Å². The average molecular weight is 360 g/mol. The van der Waals surface area contributed by atoms with E-state index in [0.717, 1.165) is 28.1 Å². The van der Waals surface area contributed by atoms with Gasteiger partial charge < -0.3 is 11.1 Å². The molecular formula is C20H26F2N4. The molecule has 1 fully saturated rings. The van der Waals surface area contributed by atoms with Crippen LogP contribution in [0.3, 0.4) is 0 Å². The SMILES string of the molecule is C=C(Cc1cc(-c2cnn(C)c2C)ccc1N)NC1CCC(F)(F)CC1. The van der Waals surface area contributed by atoms with Crippen molar-refractivity contribution in [2.75, 3.05) is 5.73 Å². The first kappa shape index (κ1) is 18.4. The molecule has 0 saturated heterocycles. The Morgan fingerprint density at radius 2 is 2.08 bits per heavy atom. The lowest BCUT2D eigenvalue weighted by molar-refractivity contribution is -0.0397. The number of nitrogens with one attached hydrogen (secondary N) is 1. The lowest BCUT2D eigenvalue weighted by atomic mass is 9.92. The number of anilines is 1. The largest absolute Gasteiger partial charge is 0.398 e. The van der Waals surface area contributed by atoms with Gasteiger partial charge in [0.1, 0.15) is 0 Å². The van der Waals surface area contributed by atoms with E-state index in [4.69, 9.17) is 5.73 Å². The van der Waals surface area contributed by atoms with Gasteiger partial charge in [0.2, 0.25) is 5.92 Å². The molecule has 0 radical (unpaired) electrons. The van der Waals surface area contributed by atoms with E-state index < -0.39 is 5.92 Å². The molecule has 0 spiro atoms. The van der Waals surface area contributed by atoms with Gasteiger partial charge in [0, 0.05) is 55.0 Å². The van der Waals surface area contributed by atoms with Gasteiger partial charge in [0.05, 0.1) is 6.20 Å². The van der Waals surface area contributed by atoms with Crippen molar-refractivity contribution in [3.63, 3.8) is 0 Å². The number of hydrogen-bond donors (Lipinski definition) is 2. The molecule has 140 valence electrons. The second-order valence-electron chi connectivity index (χ2n) is 7.24. The first-order chi connectivity index (χ1) is 12.2. The van der Waals surface area contributed by atoms with Gasteiger partial charge in [-0.2, -0.15) is 5.10 Å². The maximum absolute atomic E-state index is 13.3. The normalized spacial score (nSPS) is 17.2. The number of halogens is 2. The zero-order valence-electron chi connectivity index (χ0n) is 15.4. The maximum Gasteiger partial charge on any atom is 0.248 e. The van der Waals surface area contributed by atoms with E-state index >= 15 is 0 Å². The van der Waals surface area contributed by atoms with Gasteiger partial charge in [-0.3, -0.25) is 4.68 Å². The standard InChI is InChI=1S/C20H26F2N4/c1-13(25-17-6-8-20(21,22)9-7-17)10-16-11-15(4-5-19(16)23)18-12-24-26(3)14(18)2/h4-5,11-12,17,25H,1,6-10,23H2,2-3H3. The van der Waals surface area contributed by atoms with Gasteiger partial charge in [0.15, 0.2) is 0 Å². The van der Waals surface area contributed by atoms with Gasteiger partial charge >= 0.3 is 0 Å².